The Morgan fingerprint density at radius 2 is 2.25 bits per heavy atom. The quantitative estimate of drug-likeness (QED) is 0.728. The van der Waals surface area contributed by atoms with Crippen molar-refractivity contribution in [3.05, 3.63) is 23.8 Å². The van der Waals surface area contributed by atoms with E-state index in [1.165, 1.54) is 0 Å². The van der Waals surface area contributed by atoms with Crippen molar-refractivity contribution in [1.29, 1.82) is 0 Å². The minimum Gasteiger partial charge on any atom is -0.399 e. The first-order chi connectivity index (χ1) is 7.63. The third-order valence-electron chi connectivity index (χ3n) is 2.78. The minimum absolute atomic E-state index is 0.0403. The molecule has 0 unspecified atom stereocenters. The highest BCUT2D eigenvalue weighted by Crippen LogP contribution is 2.29. The monoisotopic (exact) mass is 218 g/mol. The number of hydrogen-bond donors (Lipinski definition) is 1. The number of Topliss-reactive ketones (excluding diaryl/α,β-unsaturated/α-hetero) is 1. The number of amides is 1. The SMILES string of the molecule is CCC(=O)N1CCC(=O)c2cc(N)ccc21. The van der Waals surface area contributed by atoms with E-state index in [9.17, 15) is 9.59 Å². The van der Waals surface area contributed by atoms with E-state index in [-0.39, 0.29) is 11.7 Å². The second-order valence-electron chi connectivity index (χ2n) is 3.85. The molecule has 1 aliphatic heterocycles. The lowest BCUT2D eigenvalue weighted by molar-refractivity contribution is -0.118. The fraction of sp³-hybridized carbons (Fsp3) is 0.333. The molecule has 0 saturated carbocycles. The summed E-state index contributed by atoms with van der Waals surface area (Å²) in [5, 5.41) is 0. The molecule has 1 amide bonds. The number of carbonyl (C=O) groups is 2. The van der Waals surface area contributed by atoms with Crippen LogP contribution in [0, 0.1) is 0 Å². The second-order valence-corrected chi connectivity index (χ2v) is 3.85. The topological polar surface area (TPSA) is 63.4 Å². The van der Waals surface area contributed by atoms with Crippen LogP contribution in [0.25, 0.3) is 0 Å². The maximum absolute atomic E-state index is 11.7. The van der Waals surface area contributed by atoms with Gasteiger partial charge in [0, 0.05) is 30.6 Å². The first-order valence-corrected chi connectivity index (χ1v) is 5.36. The molecule has 0 radical (unpaired) electrons. The van der Waals surface area contributed by atoms with Crippen LogP contribution in [0.2, 0.25) is 0 Å². The number of nitrogen functional groups attached to an aromatic ring is 1. The van der Waals surface area contributed by atoms with Crippen LogP contribution in [0.3, 0.4) is 0 Å². The molecule has 2 N–H and O–H groups in total. The standard InChI is InChI=1S/C12H14N2O2/c1-2-12(16)14-6-5-11(15)9-7-8(13)3-4-10(9)14/h3-4,7H,2,5-6,13H2,1H3. The van der Waals surface area contributed by atoms with Crippen LogP contribution in [-0.2, 0) is 4.79 Å². The zero-order valence-electron chi connectivity index (χ0n) is 9.19. The number of benzene rings is 1. The van der Waals surface area contributed by atoms with Crippen LogP contribution in [0.5, 0.6) is 0 Å². The molecule has 0 fully saturated rings. The van der Waals surface area contributed by atoms with E-state index in [4.69, 9.17) is 5.73 Å². The molecule has 1 heterocycles. The molecule has 4 nitrogen and oxygen atoms in total. The molecule has 1 aromatic rings. The van der Waals surface area contributed by atoms with Crippen LogP contribution in [0.15, 0.2) is 18.2 Å². The molecule has 84 valence electrons. The molecule has 0 saturated heterocycles. The molecular weight excluding hydrogens is 204 g/mol. The highest BCUT2D eigenvalue weighted by atomic mass is 16.2. The lowest BCUT2D eigenvalue weighted by Crippen LogP contribution is -2.36. The summed E-state index contributed by atoms with van der Waals surface area (Å²) >= 11 is 0. The van der Waals surface area contributed by atoms with Crippen LogP contribution in [0.4, 0.5) is 11.4 Å². The van der Waals surface area contributed by atoms with Crippen molar-refractivity contribution in [2.24, 2.45) is 0 Å². The number of hydrogen-bond acceptors (Lipinski definition) is 3. The van der Waals surface area contributed by atoms with Crippen LogP contribution < -0.4 is 10.6 Å². The van der Waals surface area contributed by atoms with Gasteiger partial charge in [0.05, 0.1) is 5.69 Å². The second kappa shape index (κ2) is 3.96. The molecule has 0 atom stereocenters. The van der Waals surface area contributed by atoms with Crippen molar-refractivity contribution in [3.63, 3.8) is 0 Å². The van der Waals surface area contributed by atoms with Gasteiger partial charge in [0.25, 0.3) is 0 Å². The third-order valence-corrected chi connectivity index (χ3v) is 2.78. The van der Waals surface area contributed by atoms with Gasteiger partial charge in [-0.3, -0.25) is 9.59 Å². The maximum Gasteiger partial charge on any atom is 0.226 e. The Kier molecular flexibility index (Phi) is 2.64. The molecule has 1 aliphatic rings. The van der Waals surface area contributed by atoms with Crippen molar-refractivity contribution < 1.29 is 9.59 Å². The van der Waals surface area contributed by atoms with Crippen LogP contribution >= 0.6 is 0 Å². The van der Waals surface area contributed by atoms with Crippen molar-refractivity contribution >= 4 is 23.1 Å². The van der Waals surface area contributed by atoms with Gasteiger partial charge in [-0.1, -0.05) is 6.92 Å². The Balaban J connectivity index is 2.48. The molecule has 0 aliphatic carbocycles. The van der Waals surface area contributed by atoms with Crippen molar-refractivity contribution in [1.82, 2.24) is 0 Å². The van der Waals surface area contributed by atoms with Gasteiger partial charge in [0.1, 0.15) is 0 Å². The molecule has 0 bridgehead atoms. The smallest absolute Gasteiger partial charge is 0.226 e. The number of anilines is 2. The molecule has 2 rings (SSSR count). The Bertz CT molecular complexity index is 454. The highest BCUT2D eigenvalue weighted by Gasteiger charge is 2.26. The number of carbonyl (C=O) groups excluding carboxylic acids is 2. The lowest BCUT2D eigenvalue weighted by Gasteiger charge is -2.28. The molecule has 16 heavy (non-hydrogen) atoms. The Morgan fingerprint density at radius 1 is 1.50 bits per heavy atom. The van der Waals surface area contributed by atoms with Gasteiger partial charge < -0.3 is 10.6 Å². The van der Waals surface area contributed by atoms with Crippen LogP contribution in [-0.4, -0.2) is 18.2 Å². The van der Waals surface area contributed by atoms with Crippen LogP contribution in [0.1, 0.15) is 30.1 Å². The zero-order chi connectivity index (χ0) is 11.7. The summed E-state index contributed by atoms with van der Waals surface area (Å²) in [6.07, 6.45) is 0.820. The van der Waals surface area contributed by atoms with E-state index < -0.39 is 0 Å². The largest absolute Gasteiger partial charge is 0.399 e. The summed E-state index contributed by atoms with van der Waals surface area (Å²) in [5.74, 6) is 0.0981. The number of nitrogens with zero attached hydrogens (tertiary/aromatic N) is 1. The Labute approximate surface area is 94.0 Å². The summed E-state index contributed by atoms with van der Waals surface area (Å²) in [6.45, 7) is 2.29. The van der Waals surface area contributed by atoms with Crippen molar-refractivity contribution in [3.8, 4) is 0 Å². The summed E-state index contributed by atoms with van der Waals surface area (Å²) in [5.41, 5.74) is 7.45. The van der Waals surface area contributed by atoms with E-state index in [1.807, 2.05) is 6.92 Å². The Hall–Kier alpha value is -1.84. The molecule has 1 aromatic carbocycles. The predicted octanol–water partition coefficient (Wildman–Crippen LogP) is 1.60. The fourth-order valence-electron chi connectivity index (χ4n) is 1.93. The number of rotatable bonds is 1. The average Bonchev–Trinajstić information content (AvgIpc) is 2.29. The number of nitrogens with two attached hydrogens (primary N) is 1. The zero-order valence-corrected chi connectivity index (χ0v) is 9.19. The first-order valence-electron chi connectivity index (χ1n) is 5.36. The molecular formula is C12H14N2O2. The van der Waals surface area contributed by atoms with Gasteiger partial charge in [-0.2, -0.15) is 0 Å². The van der Waals surface area contributed by atoms with Gasteiger partial charge in [-0.15, -0.1) is 0 Å². The minimum atomic E-state index is 0.0403. The summed E-state index contributed by atoms with van der Waals surface area (Å²) < 4.78 is 0. The molecule has 0 spiro atoms. The predicted molar refractivity (Wildman–Crippen MR) is 62.4 cm³/mol. The van der Waals surface area contributed by atoms with E-state index in [0.717, 1.165) is 0 Å². The summed E-state index contributed by atoms with van der Waals surface area (Å²) in [4.78, 5) is 25.1. The third kappa shape index (κ3) is 1.66. The van der Waals surface area contributed by atoms with Gasteiger partial charge >= 0.3 is 0 Å². The van der Waals surface area contributed by atoms with E-state index in [1.54, 1.807) is 23.1 Å². The van der Waals surface area contributed by atoms with E-state index >= 15 is 0 Å². The summed E-state index contributed by atoms with van der Waals surface area (Å²) in [7, 11) is 0. The maximum atomic E-state index is 11.7. The van der Waals surface area contributed by atoms with Gasteiger partial charge in [0.2, 0.25) is 5.91 Å². The van der Waals surface area contributed by atoms with Gasteiger partial charge in [0.15, 0.2) is 5.78 Å². The normalized spacial score (nSPS) is 14.8. The summed E-state index contributed by atoms with van der Waals surface area (Å²) in [6, 6.07) is 5.11. The van der Waals surface area contributed by atoms with Gasteiger partial charge in [-0.25, -0.2) is 0 Å². The number of ketones is 1. The Morgan fingerprint density at radius 3 is 2.94 bits per heavy atom. The van der Waals surface area contributed by atoms with Crippen molar-refractivity contribution in [2.45, 2.75) is 19.8 Å². The highest BCUT2D eigenvalue weighted by molar-refractivity contribution is 6.09. The van der Waals surface area contributed by atoms with E-state index in [2.05, 4.69) is 0 Å². The average molecular weight is 218 g/mol. The fourth-order valence-corrected chi connectivity index (χ4v) is 1.93. The number of fused-ring (bicyclic) bond motifs is 1. The van der Waals surface area contributed by atoms with Gasteiger partial charge in [-0.05, 0) is 18.2 Å². The first kappa shape index (κ1) is 10.7. The molecule has 4 heteroatoms. The lowest BCUT2D eigenvalue weighted by atomic mass is 9.99. The van der Waals surface area contributed by atoms with Crippen molar-refractivity contribution in [2.75, 3.05) is 17.2 Å². The molecule has 0 aromatic heterocycles. The van der Waals surface area contributed by atoms with E-state index in [0.29, 0.717) is 36.3 Å².